The van der Waals surface area contributed by atoms with Crippen molar-refractivity contribution in [3.8, 4) is 0 Å². The van der Waals surface area contributed by atoms with Crippen LogP contribution in [0.1, 0.15) is 37.3 Å². The second-order valence-electron chi connectivity index (χ2n) is 7.70. The van der Waals surface area contributed by atoms with E-state index in [9.17, 15) is 4.79 Å². The standard InChI is InChI=1S/C21H23N5O/c27-20-8-7-18(16-5-6-16)24-26(20)13-15-9-11-25(12-10-15)21-17-3-1-2-4-19(17)22-14-23-21/h1-4,7-8,14-16H,5-6,9-13H2. The van der Waals surface area contributed by atoms with Gasteiger partial charge in [-0.25, -0.2) is 14.6 Å². The normalized spacial score (nSPS) is 18.1. The highest BCUT2D eigenvalue weighted by Gasteiger charge is 2.26. The average molecular weight is 361 g/mol. The summed E-state index contributed by atoms with van der Waals surface area (Å²) in [5, 5.41) is 5.72. The van der Waals surface area contributed by atoms with Crippen molar-refractivity contribution in [1.29, 1.82) is 0 Å². The molecule has 5 rings (SSSR count). The topological polar surface area (TPSA) is 63.9 Å². The molecule has 0 radical (unpaired) electrons. The minimum atomic E-state index is 0.0172. The second kappa shape index (κ2) is 6.76. The fourth-order valence-corrected chi connectivity index (χ4v) is 4.01. The van der Waals surface area contributed by atoms with E-state index in [1.165, 1.54) is 12.8 Å². The maximum Gasteiger partial charge on any atom is 0.266 e. The van der Waals surface area contributed by atoms with Gasteiger partial charge in [0, 0.05) is 37.0 Å². The number of anilines is 1. The van der Waals surface area contributed by atoms with Crippen LogP contribution in [-0.2, 0) is 6.54 Å². The van der Waals surface area contributed by atoms with Gasteiger partial charge in [0.05, 0.1) is 11.2 Å². The summed E-state index contributed by atoms with van der Waals surface area (Å²) in [4.78, 5) is 23.4. The fraction of sp³-hybridized carbons (Fsp3) is 0.429. The summed E-state index contributed by atoms with van der Waals surface area (Å²) < 4.78 is 1.69. The molecule has 6 nitrogen and oxygen atoms in total. The van der Waals surface area contributed by atoms with Gasteiger partial charge in [0.2, 0.25) is 0 Å². The predicted octanol–water partition coefficient (Wildman–Crippen LogP) is 2.98. The quantitative estimate of drug-likeness (QED) is 0.715. The Kier molecular flexibility index (Phi) is 4.11. The van der Waals surface area contributed by atoms with Crippen molar-refractivity contribution >= 4 is 16.7 Å². The van der Waals surface area contributed by atoms with E-state index in [1.54, 1.807) is 17.1 Å². The highest BCUT2D eigenvalue weighted by Crippen LogP contribution is 2.38. The molecule has 0 unspecified atom stereocenters. The van der Waals surface area contributed by atoms with Crippen LogP contribution in [0, 0.1) is 5.92 Å². The summed E-state index contributed by atoms with van der Waals surface area (Å²) in [6.07, 6.45) is 6.14. The molecule has 1 aliphatic carbocycles. The van der Waals surface area contributed by atoms with Crippen molar-refractivity contribution in [2.45, 2.75) is 38.1 Å². The number of nitrogens with zero attached hydrogens (tertiary/aromatic N) is 5. The van der Waals surface area contributed by atoms with E-state index < -0.39 is 0 Å². The molecule has 2 aliphatic rings. The van der Waals surface area contributed by atoms with Gasteiger partial charge in [-0.15, -0.1) is 0 Å². The molecule has 6 heteroatoms. The van der Waals surface area contributed by atoms with Gasteiger partial charge in [0.1, 0.15) is 12.1 Å². The van der Waals surface area contributed by atoms with Crippen molar-refractivity contribution in [1.82, 2.24) is 19.7 Å². The summed E-state index contributed by atoms with van der Waals surface area (Å²) in [5.74, 6) is 2.07. The zero-order valence-corrected chi connectivity index (χ0v) is 15.3. The fourth-order valence-electron chi connectivity index (χ4n) is 4.01. The third-order valence-corrected chi connectivity index (χ3v) is 5.75. The number of fused-ring (bicyclic) bond motifs is 1. The Balaban J connectivity index is 1.29. The number of para-hydroxylation sites is 1. The molecule has 27 heavy (non-hydrogen) atoms. The molecule has 1 saturated heterocycles. The van der Waals surface area contributed by atoms with E-state index in [0.29, 0.717) is 11.8 Å². The first-order chi connectivity index (χ1) is 13.3. The summed E-state index contributed by atoms with van der Waals surface area (Å²) in [5.41, 5.74) is 2.08. The first-order valence-electron chi connectivity index (χ1n) is 9.81. The number of hydrogen-bond donors (Lipinski definition) is 0. The minimum absolute atomic E-state index is 0.0172. The predicted molar refractivity (Wildman–Crippen MR) is 105 cm³/mol. The maximum absolute atomic E-state index is 12.2. The molecule has 0 atom stereocenters. The third kappa shape index (κ3) is 3.31. The molecule has 1 saturated carbocycles. The van der Waals surface area contributed by atoms with Crippen molar-refractivity contribution in [3.63, 3.8) is 0 Å². The van der Waals surface area contributed by atoms with E-state index >= 15 is 0 Å². The van der Waals surface area contributed by atoms with Gasteiger partial charge in [0.15, 0.2) is 0 Å². The van der Waals surface area contributed by atoms with Crippen LogP contribution in [-0.4, -0.2) is 32.8 Å². The van der Waals surface area contributed by atoms with Gasteiger partial charge >= 0.3 is 0 Å². The van der Waals surface area contributed by atoms with Crippen LogP contribution in [0.4, 0.5) is 5.82 Å². The van der Waals surface area contributed by atoms with Crippen LogP contribution in [0.25, 0.3) is 10.9 Å². The lowest BCUT2D eigenvalue weighted by Crippen LogP contribution is -2.37. The Morgan fingerprint density at radius 3 is 2.59 bits per heavy atom. The van der Waals surface area contributed by atoms with Crippen LogP contribution in [0.3, 0.4) is 0 Å². The van der Waals surface area contributed by atoms with Crippen molar-refractivity contribution in [2.75, 3.05) is 18.0 Å². The lowest BCUT2D eigenvalue weighted by molar-refractivity contribution is 0.333. The molecule has 2 aromatic heterocycles. The first-order valence-corrected chi connectivity index (χ1v) is 9.81. The van der Waals surface area contributed by atoms with Crippen molar-refractivity contribution < 1.29 is 0 Å². The van der Waals surface area contributed by atoms with Gasteiger partial charge < -0.3 is 4.90 Å². The van der Waals surface area contributed by atoms with Gasteiger partial charge in [0.25, 0.3) is 5.56 Å². The van der Waals surface area contributed by atoms with E-state index in [-0.39, 0.29) is 5.56 Å². The van der Waals surface area contributed by atoms with Crippen molar-refractivity contribution in [3.05, 3.63) is 58.8 Å². The van der Waals surface area contributed by atoms with Crippen LogP contribution in [0.2, 0.25) is 0 Å². The highest BCUT2D eigenvalue weighted by molar-refractivity contribution is 5.89. The molecule has 3 heterocycles. The maximum atomic E-state index is 12.2. The molecule has 0 bridgehead atoms. The molecular weight excluding hydrogens is 338 g/mol. The van der Waals surface area contributed by atoms with Gasteiger partial charge in [-0.1, -0.05) is 12.1 Å². The summed E-state index contributed by atoms with van der Waals surface area (Å²) in [6, 6.07) is 11.7. The zero-order chi connectivity index (χ0) is 18.2. The molecule has 0 N–H and O–H groups in total. The molecule has 138 valence electrons. The Bertz CT molecular complexity index is 1010. The Morgan fingerprint density at radius 1 is 0.963 bits per heavy atom. The van der Waals surface area contributed by atoms with Gasteiger partial charge in [-0.3, -0.25) is 4.79 Å². The number of benzene rings is 1. The molecular formula is C21H23N5O. The lowest BCUT2D eigenvalue weighted by atomic mass is 9.96. The van der Waals surface area contributed by atoms with Crippen LogP contribution in [0.15, 0.2) is 47.5 Å². The number of hydrogen-bond acceptors (Lipinski definition) is 5. The largest absolute Gasteiger partial charge is 0.356 e. The summed E-state index contributed by atoms with van der Waals surface area (Å²) >= 11 is 0. The Labute approximate surface area is 157 Å². The monoisotopic (exact) mass is 361 g/mol. The molecule has 1 aromatic carbocycles. The number of piperidine rings is 1. The van der Waals surface area contributed by atoms with Gasteiger partial charge in [-0.2, -0.15) is 5.10 Å². The van der Waals surface area contributed by atoms with E-state index in [1.807, 2.05) is 24.3 Å². The molecule has 0 spiro atoms. The van der Waals surface area contributed by atoms with E-state index in [0.717, 1.165) is 54.9 Å². The van der Waals surface area contributed by atoms with E-state index in [2.05, 4.69) is 26.0 Å². The molecule has 1 aliphatic heterocycles. The highest BCUT2D eigenvalue weighted by atomic mass is 16.1. The Morgan fingerprint density at radius 2 is 1.78 bits per heavy atom. The lowest BCUT2D eigenvalue weighted by Gasteiger charge is -2.33. The number of rotatable bonds is 4. The molecule has 0 amide bonds. The summed E-state index contributed by atoms with van der Waals surface area (Å²) in [6.45, 7) is 2.61. The molecule has 3 aromatic rings. The second-order valence-corrected chi connectivity index (χ2v) is 7.70. The average Bonchev–Trinajstić information content (AvgIpc) is 3.55. The van der Waals surface area contributed by atoms with Gasteiger partial charge in [-0.05, 0) is 49.8 Å². The summed E-state index contributed by atoms with van der Waals surface area (Å²) in [7, 11) is 0. The van der Waals surface area contributed by atoms with E-state index in [4.69, 9.17) is 0 Å². The van der Waals surface area contributed by atoms with Crippen LogP contribution < -0.4 is 10.5 Å². The van der Waals surface area contributed by atoms with Crippen LogP contribution >= 0.6 is 0 Å². The minimum Gasteiger partial charge on any atom is -0.356 e. The van der Waals surface area contributed by atoms with Crippen LogP contribution in [0.5, 0.6) is 0 Å². The first kappa shape index (κ1) is 16.4. The van der Waals surface area contributed by atoms with Crippen molar-refractivity contribution in [2.24, 2.45) is 5.92 Å². The smallest absolute Gasteiger partial charge is 0.266 e. The Hall–Kier alpha value is -2.76. The molecule has 2 fully saturated rings. The third-order valence-electron chi connectivity index (χ3n) is 5.75. The zero-order valence-electron chi connectivity index (χ0n) is 15.3. The SMILES string of the molecule is O=c1ccc(C2CC2)nn1CC1CCN(c2ncnc3ccccc23)CC1. The number of aromatic nitrogens is 4.